The number of rotatable bonds is 7. The van der Waals surface area contributed by atoms with Crippen LogP contribution in [0.15, 0.2) is 18.2 Å². The van der Waals surface area contributed by atoms with E-state index in [1.165, 1.54) is 6.07 Å². The molecule has 100 valence electrons. The van der Waals surface area contributed by atoms with E-state index in [1.807, 2.05) is 0 Å². The Morgan fingerprint density at radius 1 is 1.28 bits per heavy atom. The molecule has 0 atom stereocenters. The summed E-state index contributed by atoms with van der Waals surface area (Å²) in [5, 5.41) is 2.60. The highest BCUT2D eigenvalue weighted by Crippen LogP contribution is 2.08. The molecule has 0 unspecified atom stereocenters. The van der Waals surface area contributed by atoms with E-state index >= 15 is 0 Å². The largest absolute Gasteiger partial charge is 0.378 e. The number of nitrogens with one attached hydrogen (secondary N) is 1. The van der Waals surface area contributed by atoms with E-state index in [1.54, 1.807) is 0 Å². The van der Waals surface area contributed by atoms with Gasteiger partial charge in [0.25, 0.3) is 0 Å². The molecule has 18 heavy (non-hydrogen) atoms. The first kappa shape index (κ1) is 14.9. The number of amides is 1. The average Bonchev–Trinajstić information content (AvgIpc) is 2.34. The van der Waals surface area contributed by atoms with Gasteiger partial charge >= 0.3 is 0 Å². The van der Waals surface area contributed by atoms with Crippen LogP contribution in [0.1, 0.15) is 5.56 Å². The van der Waals surface area contributed by atoms with Crippen LogP contribution in [0.5, 0.6) is 0 Å². The summed E-state index contributed by atoms with van der Waals surface area (Å²) in [5.41, 5.74) is 0.424. The second kappa shape index (κ2) is 8.00. The number of alkyl halides is 1. The Morgan fingerprint density at radius 2 is 2.06 bits per heavy atom. The lowest BCUT2D eigenvalue weighted by Gasteiger charge is -2.06. The monoisotopic (exact) mass is 277 g/mol. The summed E-state index contributed by atoms with van der Waals surface area (Å²) in [7, 11) is 0. The molecule has 1 aromatic carbocycles. The summed E-state index contributed by atoms with van der Waals surface area (Å²) >= 11 is 5.40. The van der Waals surface area contributed by atoms with Gasteiger partial charge in [-0.15, -0.1) is 11.6 Å². The topological polar surface area (TPSA) is 38.3 Å². The molecule has 3 nitrogen and oxygen atoms in total. The van der Waals surface area contributed by atoms with Gasteiger partial charge in [0.1, 0.15) is 0 Å². The number of hydrogen-bond donors (Lipinski definition) is 1. The number of carbonyl (C=O) groups excluding carboxylic acids is 1. The zero-order chi connectivity index (χ0) is 13.4. The number of carbonyl (C=O) groups is 1. The van der Waals surface area contributed by atoms with Gasteiger partial charge < -0.3 is 10.1 Å². The molecule has 0 aliphatic carbocycles. The van der Waals surface area contributed by atoms with Crippen molar-refractivity contribution in [1.82, 2.24) is 5.32 Å². The lowest BCUT2D eigenvalue weighted by Crippen LogP contribution is -2.28. The van der Waals surface area contributed by atoms with Crippen molar-refractivity contribution in [2.75, 3.05) is 25.6 Å². The van der Waals surface area contributed by atoms with Gasteiger partial charge in [-0.25, -0.2) is 8.78 Å². The minimum atomic E-state index is -0.953. The predicted octanol–water partition coefficient (Wildman–Crippen LogP) is 1.88. The van der Waals surface area contributed by atoms with Gasteiger partial charge in [-0.3, -0.25) is 4.79 Å². The summed E-state index contributed by atoms with van der Waals surface area (Å²) < 4.78 is 30.6. The molecule has 0 bridgehead atoms. The molecule has 0 aliphatic rings. The Morgan fingerprint density at radius 3 is 2.72 bits per heavy atom. The highest BCUT2D eigenvalue weighted by Gasteiger charge is 2.06. The summed E-state index contributed by atoms with van der Waals surface area (Å²) in [5.74, 6) is -1.74. The summed E-state index contributed by atoms with van der Waals surface area (Å²) in [6.45, 7) is 1.16. The number of hydrogen-bond acceptors (Lipinski definition) is 2. The van der Waals surface area contributed by atoms with Gasteiger partial charge in [0.15, 0.2) is 11.6 Å². The highest BCUT2D eigenvalue weighted by molar-refractivity contribution is 6.17. The van der Waals surface area contributed by atoms with E-state index in [9.17, 15) is 13.6 Å². The molecular weight excluding hydrogens is 264 g/mol. The van der Waals surface area contributed by atoms with Crippen molar-refractivity contribution in [1.29, 1.82) is 0 Å². The predicted molar refractivity (Wildman–Crippen MR) is 64.6 cm³/mol. The van der Waals surface area contributed by atoms with E-state index in [2.05, 4.69) is 5.32 Å². The van der Waals surface area contributed by atoms with Gasteiger partial charge in [0.2, 0.25) is 5.91 Å². The second-order valence-corrected chi connectivity index (χ2v) is 3.95. The third kappa shape index (κ3) is 5.42. The maximum absolute atomic E-state index is 12.9. The Balaban J connectivity index is 2.29. The van der Waals surface area contributed by atoms with Crippen LogP contribution in [0.4, 0.5) is 8.78 Å². The first-order valence-electron chi connectivity index (χ1n) is 5.48. The molecule has 0 radical (unpaired) electrons. The van der Waals surface area contributed by atoms with E-state index in [-0.39, 0.29) is 12.3 Å². The summed E-state index contributed by atoms with van der Waals surface area (Å²) in [6, 6.07) is 3.39. The van der Waals surface area contributed by atoms with Crippen molar-refractivity contribution in [3.63, 3.8) is 0 Å². The number of halogens is 3. The van der Waals surface area contributed by atoms with Crippen molar-refractivity contribution in [2.45, 2.75) is 6.42 Å². The van der Waals surface area contributed by atoms with Crippen LogP contribution in [-0.2, 0) is 16.0 Å². The van der Waals surface area contributed by atoms with Crippen molar-refractivity contribution in [2.24, 2.45) is 0 Å². The van der Waals surface area contributed by atoms with E-state index in [4.69, 9.17) is 16.3 Å². The van der Waals surface area contributed by atoms with Crippen LogP contribution >= 0.6 is 11.6 Å². The number of ether oxygens (including phenoxy) is 1. The molecule has 0 aromatic heterocycles. The molecule has 0 saturated carbocycles. The van der Waals surface area contributed by atoms with Crippen LogP contribution in [0.25, 0.3) is 0 Å². The molecule has 1 N–H and O–H groups in total. The quantitative estimate of drug-likeness (QED) is 0.610. The third-order valence-corrected chi connectivity index (χ3v) is 2.29. The lowest BCUT2D eigenvalue weighted by atomic mass is 10.1. The van der Waals surface area contributed by atoms with E-state index < -0.39 is 11.6 Å². The van der Waals surface area contributed by atoms with Crippen molar-refractivity contribution in [3.8, 4) is 0 Å². The molecule has 0 heterocycles. The van der Waals surface area contributed by atoms with E-state index in [0.29, 0.717) is 31.2 Å². The molecule has 1 rings (SSSR count). The maximum atomic E-state index is 12.9. The smallest absolute Gasteiger partial charge is 0.224 e. The Hall–Kier alpha value is -1.20. The molecule has 1 aromatic rings. The normalized spacial score (nSPS) is 10.4. The molecule has 0 spiro atoms. The number of benzene rings is 1. The lowest BCUT2D eigenvalue weighted by molar-refractivity contribution is -0.120. The Bertz CT molecular complexity index is 402. The first-order chi connectivity index (χ1) is 8.63. The summed E-state index contributed by atoms with van der Waals surface area (Å²) in [6.07, 6.45) is 0.00665. The molecular formula is C12H14ClF2NO2. The molecule has 0 saturated heterocycles. The Labute approximate surface area is 109 Å². The Kier molecular flexibility index (Phi) is 6.60. The SMILES string of the molecule is O=C(Cc1ccc(F)c(F)c1)NCCOCCCl. The van der Waals surface area contributed by atoms with Crippen LogP contribution in [0.3, 0.4) is 0 Å². The minimum Gasteiger partial charge on any atom is -0.378 e. The van der Waals surface area contributed by atoms with Gasteiger partial charge in [0, 0.05) is 12.4 Å². The first-order valence-corrected chi connectivity index (χ1v) is 6.01. The van der Waals surface area contributed by atoms with Crippen LogP contribution < -0.4 is 5.32 Å². The fourth-order valence-corrected chi connectivity index (χ4v) is 1.43. The highest BCUT2D eigenvalue weighted by atomic mass is 35.5. The molecule has 1 amide bonds. The summed E-state index contributed by atoms with van der Waals surface area (Å²) in [4.78, 5) is 11.4. The fraction of sp³-hybridized carbons (Fsp3) is 0.417. The second-order valence-electron chi connectivity index (χ2n) is 3.58. The van der Waals surface area contributed by atoms with Crippen LogP contribution in [-0.4, -0.2) is 31.5 Å². The zero-order valence-corrected chi connectivity index (χ0v) is 10.5. The standard InChI is InChI=1S/C12H14ClF2NO2/c13-3-5-18-6-4-16-12(17)8-9-1-2-10(14)11(15)7-9/h1-2,7H,3-6,8H2,(H,16,17). The molecule has 6 heteroatoms. The van der Waals surface area contributed by atoms with Crippen LogP contribution in [0.2, 0.25) is 0 Å². The van der Waals surface area contributed by atoms with Gasteiger partial charge in [0.05, 0.1) is 19.6 Å². The molecule has 0 fully saturated rings. The van der Waals surface area contributed by atoms with Crippen molar-refractivity contribution in [3.05, 3.63) is 35.4 Å². The van der Waals surface area contributed by atoms with E-state index in [0.717, 1.165) is 12.1 Å². The average molecular weight is 278 g/mol. The van der Waals surface area contributed by atoms with Crippen LogP contribution in [0, 0.1) is 11.6 Å². The molecule has 0 aliphatic heterocycles. The zero-order valence-electron chi connectivity index (χ0n) is 9.72. The van der Waals surface area contributed by atoms with Crippen molar-refractivity contribution < 1.29 is 18.3 Å². The third-order valence-electron chi connectivity index (χ3n) is 2.14. The fourth-order valence-electron chi connectivity index (χ4n) is 1.32. The van der Waals surface area contributed by atoms with Crippen molar-refractivity contribution >= 4 is 17.5 Å². The van der Waals surface area contributed by atoms with Gasteiger partial charge in [-0.2, -0.15) is 0 Å². The van der Waals surface area contributed by atoms with Gasteiger partial charge in [-0.1, -0.05) is 6.07 Å². The van der Waals surface area contributed by atoms with Gasteiger partial charge in [-0.05, 0) is 17.7 Å². The maximum Gasteiger partial charge on any atom is 0.224 e. The minimum absolute atomic E-state index is 0.00665.